The van der Waals surface area contributed by atoms with Crippen molar-refractivity contribution >= 4 is 29.6 Å². The molecule has 0 unspecified atom stereocenters. The van der Waals surface area contributed by atoms with Gasteiger partial charge in [0.25, 0.3) is 0 Å². The predicted molar refractivity (Wildman–Crippen MR) is 101 cm³/mol. The molecule has 1 fully saturated rings. The van der Waals surface area contributed by atoms with Crippen LogP contribution in [0.1, 0.15) is 11.1 Å². The molecule has 2 N–H and O–H groups in total. The summed E-state index contributed by atoms with van der Waals surface area (Å²) in [4.78, 5) is 36.7. The van der Waals surface area contributed by atoms with Crippen molar-refractivity contribution in [3.63, 3.8) is 0 Å². The second-order valence-corrected chi connectivity index (χ2v) is 6.27. The molecule has 0 radical (unpaired) electrons. The maximum absolute atomic E-state index is 12.2. The van der Waals surface area contributed by atoms with Crippen molar-refractivity contribution in [3.8, 4) is 11.5 Å². The monoisotopic (exact) mass is 379 g/mol. The lowest BCUT2D eigenvalue weighted by Gasteiger charge is -2.13. The molecular weight excluding hydrogens is 362 g/mol. The highest BCUT2D eigenvalue weighted by Gasteiger charge is 2.28. The summed E-state index contributed by atoms with van der Waals surface area (Å²) in [6.07, 6.45) is 3.09. The number of rotatable bonds is 5. The number of carbonyl (C=O) groups excluding carboxylic acids is 3. The molecule has 2 aromatic carbocycles. The number of fused-ring (bicyclic) bond motifs is 1. The molecule has 0 bridgehead atoms. The Kier molecular flexibility index (Phi) is 4.67. The zero-order valence-electron chi connectivity index (χ0n) is 14.8. The summed E-state index contributed by atoms with van der Waals surface area (Å²) in [5.41, 5.74) is 2.12. The molecule has 0 aromatic heterocycles. The van der Waals surface area contributed by atoms with E-state index in [2.05, 4.69) is 10.6 Å². The van der Waals surface area contributed by atoms with E-state index in [0.717, 1.165) is 16.0 Å². The maximum Gasteiger partial charge on any atom is 0.324 e. The molecule has 8 nitrogen and oxygen atoms in total. The quantitative estimate of drug-likeness (QED) is 0.613. The number of benzene rings is 2. The maximum atomic E-state index is 12.2. The molecule has 0 aliphatic carbocycles. The Morgan fingerprint density at radius 3 is 2.82 bits per heavy atom. The highest BCUT2D eigenvalue weighted by molar-refractivity contribution is 6.02. The number of hydrogen-bond acceptors (Lipinski definition) is 5. The van der Waals surface area contributed by atoms with E-state index in [9.17, 15) is 14.4 Å². The van der Waals surface area contributed by atoms with Gasteiger partial charge in [-0.2, -0.15) is 0 Å². The molecule has 1 saturated heterocycles. The number of ether oxygens (including phenoxy) is 2. The lowest BCUT2D eigenvalue weighted by Crippen LogP contribution is -2.30. The van der Waals surface area contributed by atoms with Gasteiger partial charge in [0, 0.05) is 11.8 Å². The van der Waals surface area contributed by atoms with Crippen molar-refractivity contribution in [1.82, 2.24) is 10.2 Å². The Balaban J connectivity index is 1.39. The van der Waals surface area contributed by atoms with Gasteiger partial charge in [-0.25, -0.2) is 4.79 Å². The van der Waals surface area contributed by atoms with E-state index in [0.29, 0.717) is 17.2 Å². The molecule has 4 amide bonds. The Labute approximate surface area is 160 Å². The summed E-state index contributed by atoms with van der Waals surface area (Å²) in [5.74, 6) is 0.759. The zero-order valence-corrected chi connectivity index (χ0v) is 14.8. The smallest absolute Gasteiger partial charge is 0.324 e. The van der Waals surface area contributed by atoms with Crippen molar-refractivity contribution in [2.24, 2.45) is 0 Å². The van der Waals surface area contributed by atoms with Gasteiger partial charge < -0.3 is 20.1 Å². The van der Waals surface area contributed by atoms with Crippen LogP contribution in [0.4, 0.5) is 10.5 Å². The summed E-state index contributed by atoms with van der Waals surface area (Å²) in [6, 6.07) is 12.0. The molecule has 2 aliphatic rings. The Bertz CT molecular complexity index is 970. The van der Waals surface area contributed by atoms with Crippen LogP contribution in [0.25, 0.3) is 6.08 Å². The third-order valence-corrected chi connectivity index (χ3v) is 4.30. The number of amides is 4. The van der Waals surface area contributed by atoms with Crippen LogP contribution in [-0.4, -0.2) is 36.1 Å². The minimum atomic E-state index is -0.411. The minimum Gasteiger partial charge on any atom is -0.454 e. The van der Waals surface area contributed by atoms with E-state index in [1.54, 1.807) is 42.5 Å². The standard InChI is InChI=1S/C20H17N3O5/c24-18(7-5-13-4-6-16-17(9-13)28-12-27-16)22-15-3-1-2-14(8-15)11-23-19(25)10-21-20(23)26/h1-9H,10-12H2,(H,21,26)(H,22,24)/b7-5-. The van der Waals surface area contributed by atoms with E-state index in [1.807, 2.05) is 6.07 Å². The fourth-order valence-corrected chi connectivity index (χ4v) is 2.92. The van der Waals surface area contributed by atoms with Crippen LogP contribution in [-0.2, 0) is 16.1 Å². The first-order valence-electron chi connectivity index (χ1n) is 8.64. The highest BCUT2D eigenvalue weighted by atomic mass is 16.7. The molecule has 4 rings (SSSR count). The lowest BCUT2D eigenvalue weighted by atomic mass is 10.1. The summed E-state index contributed by atoms with van der Waals surface area (Å²) in [6.45, 7) is 0.366. The van der Waals surface area contributed by atoms with Crippen LogP contribution >= 0.6 is 0 Å². The van der Waals surface area contributed by atoms with Gasteiger partial charge in [-0.15, -0.1) is 0 Å². The summed E-state index contributed by atoms with van der Waals surface area (Å²) in [7, 11) is 0. The third-order valence-electron chi connectivity index (χ3n) is 4.30. The van der Waals surface area contributed by atoms with Gasteiger partial charge in [-0.1, -0.05) is 18.2 Å². The van der Waals surface area contributed by atoms with Gasteiger partial charge >= 0.3 is 6.03 Å². The molecule has 8 heteroatoms. The Morgan fingerprint density at radius 2 is 2.00 bits per heavy atom. The van der Waals surface area contributed by atoms with E-state index in [4.69, 9.17) is 9.47 Å². The molecule has 142 valence electrons. The summed E-state index contributed by atoms with van der Waals surface area (Å²) in [5, 5.41) is 5.24. The normalized spacial score (nSPS) is 15.2. The van der Waals surface area contributed by atoms with Crippen LogP contribution < -0.4 is 20.1 Å². The first-order chi connectivity index (χ1) is 13.6. The van der Waals surface area contributed by atoms with E-state index in [1.165, 1.54) is 6.08 Å². The first kappa shape index (κ1) is 17.6. The second kappa shape index (κ2) is 7.43. The summed E-state index contributed by atoms with van der Waals surface area (Å²) < 4.78 is 10.6. The molecule has 2 aromatic rings. The van der Waals surface area contributed by atoms with Crippen molar-refractivity contribution in [3.05, 3.63) is 59.7 Å². The van der Waals surface area contributed by atoms with Crippen molar-refractivity contribution < 1.29 is 23.9 Å². The van der Waals surface area contributed by atoms with Crippen LogP contribution in [0.15, 0.2) is 48.5 Å². The number of imide groups is 1. The van der Waals surface area contributed by atoms with Gasteiger partial charge in [0.15, 0.2) is 11.5 Å². The topological polar surface area (TPSA) is 97.0 Å². The van der Waals surface area contributed by atoms with Gasteiger partial charge in [0.05, 0.1) is 13.1 Å². The average molecular weight is 379 g/mol. The van der Waals surface area contributed by atoms with Gasteiger partial charge in [0.1, 0.15) is 0 Å². The summed E-state index contributed by atoms with van der Waals surface area (Å²) >= 11 is 0. The number of nitrogens with one attached hydrogen (secondary N) is 2. The van der Waals surface area contributed by atoms with E-state index >= 15 is 0 Å². The molecule has 2 aliphatic heterocycles. The van der Waals surface area contributed by atoms with Crippen molar-refractivity contribution in [2.75, 3.05) is 18.7 Å². The Hall–Kier alpha value is -3.81. The van der Waals surface area contributed by atoms with Crippen LogP contribution in [0.3, 0.4) is 0 Å². The first-order valence-corrected chi connectivity index (χ1v) is 8.64. The lowest BCUT2D eigenvalue weighted by molar-refractivity contribution is -0.125. The van der Waals surface area contributed by atoms with Crippen LogP contribution in [0.5, 0.6) is 11.5 Å². The average Bonchev–Trinajstić information content (AvgIpc) is 3.28. The van der Waals surface area contributed by atoms with Crippen LogP contribution in [0.2, 0.25) is 0 Å². The fraction of sp³-hybridized carbons (Fsp3) is 0.150. The van der Waals surface area contributed by atoms with Crippen molar-refractivity contribution in [2.45, 2.75) is 6.54 Å². The highest BCUT2D eigenvalue weighted by Crippen LogP contribution is 2.32. The molecule has 0 saturated carbocycles. The number of urea groups is 1. The molecule has 0 spiro atoms. The van der Waals surface area contributed by atoms with E-state index < -0.39 is 6.03 Å². The number of carbonyl (C=O) groups is 3. The van der Waals surface area contributed by atoms with Gasteiger partial charge in [-0.05, 0) is 41.5 Å². The predicted octanol–water partition coefficient (Wildman–Crippen LogP) is 2.12. The fourth-order valence-electron chi connectivity index (χ4n) is 2.92. The number of anilines is 1. The largest absolute Gasteiger partial charge is 0.454 e. The Morgan fingerprint density at radius 1 is 1.14 bits per heavy atom. The zero-order chi connectivity index (χ0) is 19.5. The van der Waals surface area contributed by atoms with Crippen molar-refractivity contribution in [1.29, 1.82) is 0 Å². The number of nitrogens with zero attached hydrogens (tertiary/aromatic N) is 1. The van der Waals surface area contributed by atoms with Gasteiger partial charge in [-0.3, -0.25) is 14.5 Å². The third kappa shape index (κ3) is 3.80. The second-order valence-electron chi connectivity index (χ2n) is 6.27. The molecule has 28 heavy (non-hydrogen) atoms. The minimum absolute atomic E-state index is 0.0138. The molecular formula is C20H17N3O5. The van der Waals surface area contributed by atoms with E-state index in [-0.39, 0.29) is 31.7 Å². The molecule has 2 heterocycles. The SMILES string of the molecule is O=C(/C=C\c1ccc2c(c1)OCO2)Nc1cccc(CN2C(=O)CNC2=O)c1. The van der Waals surface area contributed by atoms with Gasteiger partial charge in [0.2, 0.25) is 18.6 Å². The molecule has 0 atom stereocenters. The number of hydrogen-bond donors (Lipinski definition) is 2. The van der Waals surface area contributed by atoms with Crippen LogP contribution in [0, 0.1) is 0 Å².